The van der Waals surface area contributed by atoms with E-state index in [2.05, 4.69) is 20.9 Å². The third kappa shape index (κ3) is 2.78. The van der Waals surface area contributed by atoms with Crippen LogP contribution in [0.15, 0.2) is 22.7 Å². The van der Waals surface area contributed by atoms with Crippen LogP contribution in [0.1, 0.15) is 24.3 Å². The quantitative estimate of drug-likeness (QED) is 0.695. The maximum atomic E-state index is 11.6. The highest BCUT2D eigenvalue weighted by atomic mass is 79.9. The summed E-state index contributed by atoms with van der Waals surface area (Å²) in [5.74, 6) is -0.407. The summed E-state index contributed by atoms with van der Waals surface area (Å²) < 4.78 is 10.6. The molecule has 100 valence electrons. The van der Waals surface area contributed by atoms with Crippen LogP contribution in [-0.2, 0) is 9.53 Å². The molecule has 1 heterocycles. The largest absolute Gasteiger partial charge is 0.461 e. The van der Waals surface area contributed by atoms with Gasteiger partial charge in [0, 0.05) is 17.8 Å². The number of fused-ring (bicyclic) bond motifs is 1. The zero-order chi connectivity index (χ0) is 14.0. The number of hydrogen-bond donors (Lipinski definition) is 1. The number of halogens is 1. The fourth-order valence-corrected chi connectivity index (χ4v) is 2.24. The molecule has 0 bridgehead atoms. The zero-order valence-electron chi connectivity index (χ0n) is 10.5. The highest BCUT2D eigenvalue weighted by molar-refractivity contribution is 9.10. The Hall–Kier alpha value is -1.82. The minimum absolute atomic E-state index is 0.314. The summed E-state index contributed by atoms with van der Waals surface area (Å²) in [5, 5.41) is 0.752. The Labute approximate surface area is 118 Å². The van der Waals surface area contributed by atoms with E-state index in [0.29, 0.717) is 22.5 Å². The number of H-pyrrole nitrogens is 1. The van der Waals surface area contributed by atoms with Crippen LogP contribution >= 0.6 is 15.9 Å². The molecule has 0 saturated carbocycles. The van der Waals surface area contributed by atoms with Gasteiger partial charge in [0.1, 0.15) is 11.4 Å². The molecule has 0 radical (unpaired) electrons. The van der Waals surface area contributed by atoms with E-state index in [1.54, 1.807) is 25.1 Å². The molecule has 0 amide bonds. The number of carbonyl (C=O) groups excluding carboxylic acids is 2. The van der Waals surface area contributed by atoms with Crippen LogP contribution < -0.4 is 4.74 Å². The van der Waals surface area contributed by atoms with Gasteiger partial charge in [-0.3, -0.25) is 4.79 Å². The fourth-order valence-electron chi connectivity index (χ4n) is 1.70. The molecular weight excluding hydrogens is 314 g/mol. The van der Waals surface area contributed by atoms with Gasteiger partial charge in [-0.2, -0.15) is 0 Å². The molecule has 5 nitrogen and oxygen atoms in total. The van der Waals surface area contributed by atoms with E-state index in [0.717, 1.165) is 10.9 Å². The molecule has 0 unspecified atom stereocenters. The van der Waals surface area contributed by atoms with E-state index in [-0.39, 0.29) is 0 Å². The average Bonchev–Trinajstić information content (AvgIpc) is 2.77. The Balaban J connectivity index is 2.45. The Morgan fingerprint density at radius 2 is 2.11 bits per heavy atom. The molecular formula is C13H12BrNO4. The molecule has 1 N–H and O–H groups in total. The summed E-state index contributed by atoms with van der Waals surface area (Å²) in [6, 6.07) is 5.05. The van der Waals surface area contributed by atoms with Crippen molar-refractivity contribution in [1.82, 2.24) is 4.98 Å². The lowest BCUT2D eigenvalue weighted by Crippen LogP contribution is -2.04. The number of ether oxygens (including phenoxy) is 2. The lowest BCUT2D eigenvalue weighted by Gasteiger charge is -2.04. The van der Waals surface area contributed by atoms with Crippen molar-refractivity contribution in [2.24, 2.45) is 0 Å². The molecule has 0 aliphatic heterocycles. The van der Waals surface area contributed by atoms with Crippen molar-refractivity contribution >= 4 is 38.8 Å². The molecule has 0 fully saturated rings. The number of rotatable bonds is 3. The lowest BCUT2D eigenvalue weighted by atomic mass is 10.2. The van der Waals surface area contributed by atoms with E-state index in [1.165, 1.54) is 6.92 Å². The maximum absolute atomic E-state index is 11.6. The SMILES string of the molecule is CCOC(=O)c1cc2c(Br)c(OC(C)=O)ccc2[nH]1. The number of hydrogen-bond acceptors (Lipinski definition) is 4. The molecule has 2 rings (SSSR count). The standard InChI is InChI=1S/C13H12BrNO4/c1-3-18-13(17)10-6-8-9(15-10)4-5-11(12(8)14)19-7(2)16/h4-6,15H,3H2,1-2H3. The van der Waals surface area contributed by atoms with Crippen molar-refractivity contribution < 1.29 is 19.1 Å². The van der Waals surface area contributed by atoms with Gasteiger partial charge >= 0.3 is 11.9 Å². The van der Waals surface area contributed by atoms with Gasteiger partial charge in [0.05, 0.1) is 11.1 Å². The molecule has 6 heteroatoms. The van der Waals surface area contributed by atoms with Gasteiger partial charge in [0.25, 0.3) is 0 Å². The van der Waals surface area contributed by atoms with E-state index >= 15 is 0 Å². The topological polar surface area (TPSA) is 68.4 Å². The van der Waals surface area contributed by atoms with Crippen molar-refractivity contribution in [2.45, 2.75) is 13.8 Å². The van der Waals surface area contributed by atoms with Crippen LogP contribution in [0.4, 0.5) is 0 Å². The minimum atomic E-state index is -0.417. The number of nitrogens with one attached hydrogen (secondary N) is 1. The summed E-state index contributed by atoms with van der Waals surface area (Å²) in [6.07, 6.45) is 0. The molecule has 1 aromatic carbocycles. The van der Waals surface area contributed by atoms with Crippen LogP contribution in [0.3, 0.4) is 0 Å². The van der Waals surface area contributed by atoms with Gasteiger partial charge in [0.2, 0.25) is 0 Å². The molecule has 0 saturated heterocycles. The van der Waals surface area contributed by atoms with E-state index in [1.807, 2.05) is 0 Å². The predicted molar refractivity (Wildman–Crippen MR) is 73.3 cm³/mol. The third-order valence-corrected chi connectivity index (χ3v) is 3.27. The molecule has 0 atom stereocenters. The second kappa shape index (κ2) is 5.44. The van der Waals surface area contributed by atoms with Crippen LogP contribution in [0.5, 0.6) is 5.75 Å². The van der Waals surface area contributed by atoms with E-state index < -0.39 is 11.9 Å². The Kier molecular flexibility index (Phi) is 3.90. The van der Waals surface area contributed by atoms with E-state index in [9.17, 15) is 9.59 Å². The summed E-state index contributed by atoms with van der Waals surface area (Å²) >= 11 is 3.36. The smallest absolute Gasteiger partial charge is 0.354 e. The summed E-state index contributed by atoms with van der Waals surface area (Å²) in [5.41, 5.74) is 1.11. The van der Waals surface area contributed by atoms with Crippen molar-refractivity contribution in [1.29, 1.82) is 0 Å². The fraction of sp³-hybridized carbons (Fsp3) is 0.231. The van der Waals surface area contributed by atoms with Crippen molar-refractivity contribution in [3.8, 4) is 5.75 Å². The van der Waals surface area contributed by atoms with Crippen LogP contribution in [0, 0.1) is 0 Å². The van der Waals surface area contributed by atoms with Crippen molar-refractivity contribution in [2.75, 3.05) is 6.61 Å². The first-order valence-electron chi connectivity index (χ1n) is 5.69. The number of benzene rings is 1. The first-order chi connectivity index (χ1) is 9.02. The van der Waals surface area contributed by atoms with Crippen molar-refractivity contribution in [3.63, 3.8) is 0 Å². The summed E-state index contributed by atoms with van der Waals surface area (Å²) in [7, 11) is 0. The van der Waals surface area contributed by atoms with Crippen LogP contribution in [0.2, 0.25) is 0 Å². The van der Waals surface area contributed by atoms with Gasteiger partial charge < -0.3 is 14.5 Å². The number of aromatic nitrogens is 1. The molecule has 1 aromatic heterocycles. The molecule has 0 aliphatic rings. The first kappa shape index (κ1) is 13.6. The summed E-state index contributed by atoms with van der Waals surface area (Å²) in [6.45, 7) is 3.39. The normalized spacial score (nSPS) is 10.5. The first-order valence-corrected chi connectivity index (χ1v) is 6.49. The maximum Gasteiger partial charge on any atom is 0.354 e. The molecule has 0 spiro atoms. The van der Waals surface area contributed by atoms with Gasteiger partial charge in [0.15, 0.2) is 0 Å². The lowest BCUT2D eigenvalue weighted by molar-refractivity contribution is -0.131. The number of carbonyl (C=O) groups is 2. The second-order valence-electron chi connectivity index (χ2n) is 3.84. The van der Waals surface area contributed by atoms with Gasteiger partial charge in [-0.15, -0.1) is 0 Å². The molecule has 2 aromatic rings. The highest BCUT2D eigenvalue weighted by Crippen LogP contribution is 2.33. The summed E-state index contributed by atoms with van der Waals surface area (Å²) in [4.78, 5) is 25.6. The molecule has 19 heavy (non-hydrogen) atoms. The second-order valence-corrected chi connectivity index (χ2v) is 4.63. The predicted octanol–water partition coefficient (Wildman–Crippen LogP) is 3.03. The third-order valence-electron chi connectivity index (χ3n) is 2.45. The van der Waals surface area contributed by atoms with E-state index in [4.69, 9.17) is 9.47 Å². The minimum Gasteiger partial charge on any atom is -0.461 e. The van der Waals surface area contributed by atoms with Gasteiger partial charge in [-0.05, 0) is 41.1 Å². The Morgan fingerprint density at radius 3 is 2.74 bits per heavy atom. The number of esters is 2. The highest BCUT2D eigenvalue weighted by Gasteiger charge is 2.15. The Morgan fingerprint density at radius 1 is 1.37 bits per heavy atom. The van der Waals surface area contributed by atoms with Crippen LogP contribution in [-0.4, -0.2) is 23.5 Å². The van der Waals surface area contributed by atoms with Crippen LogP contribution in [0.25, 0.3) is 10.9 Å². The van der Waals surface area contributed by atoms with Gasteiger partial charge in [-0.25, -0.2) is 4.79 Å². The zero-order valence-corrected chi connectivity index (χ0v) is 12.0. The average molecular weight is 326 g/mol. The molecule has 0 aliphatic carbocycles. The van der Waals surface area contributed by atoms with Crippen molar-refractivity contribution in [3.05, 3.63) is 28.4 Å². The number of aromatic amines is 1. The Bertz CT molecular complexity index is 647. The monoisotopic (exact) mass is 325 g/mol. The van der Waals surface area contributed by atoms with Gasteiger partial charge in [-0.1, -0.05) is 0 Å².